The molecular formula is C19H25NO5S. The summed E-state index contributed by atoms with van der Waals surface area (Å²) >= 11 is 1.22. The maximum atomic E-state index is 12.5. The molecule has 1 unspecified atom stereocenters. The van der Waals surface area contributed by atoms with Gasteiger partial charge in [0.2, 0.25) is 0 Å². The Morgan fingerprint density at radius 2 is 1.85 bits per heavy atom. The van der Waals surface area contributed by atoms with Gasteiger partial charge in [-0.3, -0.25) is 4.79 Å². The van der Waals surface area contributed by atoms with Gasteiger partial charge in [0.15, 0.2) is 5.78 Å². The molecule has 0 saturated heterocycles. The monoisotopic (exact) mass is 379 g/mol. The lowest BCUT2D eigenvalue weighted by atomic mass is 10.1. The highest BCUT2D eigenvalue weighted by molar-refractivity contribution is 7.99. The van der Waals surface area contributed by atoms with Gasteiger partial charge in [0, 0.05) is 17.7 Å². The van der Waals surface area contributed by atoms with E-state index in [1.807, 2.05) is 30.3 Å². The number of allylic oxidation sites excluding steroid dienone is 1. The average Bonchev–Trinajstić information content (AvgIpc) is 2.55. The Hall–Kier alpha value is -2.28. The van der Waals surface area contributed by atoms with Gasteiger partial charge in [-0.1, -0.05) is 36.4 Å². The molecule has 1 amide bonds. The Morgan fingerprint density at radius 1 is 1.23 bits per heavy atom. The zero-order chi connectivity index (χ0) is 19.7. The molecule has 26 heavy (non-hydrogen) atoms. The summed E-state index contributed by atoms with van der Waals surface area (Å²) in [6.45, 7) is 6.73. The fourth-order valence-corrected chi connectivity index (χ4v) is 2.97. The zero-order valence-corrected chi connectivity index (χ0v) is 16.3. The minimum Gasteiger partial charge on any atom is -0.478 e. The molecule has 6 nitrogen and oxygen atoms in total. The van der Waals surface area contributed by atoms with Crippen LogP contribution in [-0.2, 0) is 20.1 Å². The number of hydrogen-bond acceptors (Lipinski definition) is 5. The van der Waals surface area contributed by atoms with E-state index in [0.717, 1.165) is 5.56 Å². The van der Waals surface area contributed by atoms with Crippen LogP contribution in [0.5, 0.6) is 0 Å². The Balaban J connectivity index is 2.84. The van der Waals surface area contributed by atoms with Gasteiger partial charge >= 0.3 is 12.1 Å². The first-order valence-corrected chi connectivity index (χ1v) is 9.23. The van der Waals surface area contributed by atoms with E-state index in [0.29, 0.717) is 5.75 Å². The minimum atomic E-state index is -1.15. The number of thioether (sulfide) groups is 1. The summed E-state index contributed by atoms with van der Waals surface area (Å²) in [4.78, 5) is 35.7. The van der Waals surface area contributed by atoms with E-state index >= 15 is 0 Å². The molecule has 0 saturated carbocycles. The van der Waals surface area contributed by atoms with E-state index in [1.165, 1.54) is 17.8 Å². The van der Waals surface area contributed by atoms with Crippen molar-refractivity contribution >= 4 is 29.6 Å². The number of carbonyl (C=O) groups is 3. The maximum absolute atomic E-state index is 12.5. The third-order valence-corrected chi connectivity index (χ3v) is 4.40. The van der Waals surface area contributed by atoms with Crippen molar-refractivity contribution < 1.29 is 24.2 Å². The third-order valence-electron chi connectivity index (χ3n) is 3.19. The number of carboxylic acids is 1. The molecule has 1 aromatic carbocycles. The molecule has 0 heterocycles. The highest BCUT2D eigenvalue weighted by Gasteiger charge is 2.26. The second kappa shape index (κ2) is 10.0. The number of benzene rings is 1. The first kappa shape index (κ1) is 21.8. The molecule has 0 aliphatic heterocycles. The van der Waals surface area contributed by atoms with Crippen molar-refractivity contribution in [2.45, 2.75) is 50.8 Å². The average molecular weight is 379 g/mol. The number of hydrogen-bond donors (Lipinski definition) is 2. The van der Waals surface area contributed by atoms with Crippen LogP contribution in [0.25, 0.3) is 0 Å². The number of carboxylic acid groups (broad SMARTS) is 1. The van der Waals surface area contributed by atoms with Crippen molar-refractivity contribution in [2.24, 2.45) is 0 Å². The van der Waals surface area contributed by atoms with Gasteiger partial charge in [-0.25, -0.2) is 9.59 Å². The van der Waals surface area contributed by atoms with Crippen LogP contribution >= 0.6 is 11.8 Å². The largest absolute Gasteiger partial charge is 0.478 e. The van der Waals surface area contributed by atoms with Crippen molar-refractivity contribution in [1.29, 1.82) is 0 Å². The molecule has 2 N–H and O–H groups in total. The van der Waals surface area contributed by atoms with E-state index in [4.69, 9.17) is 9.84 Å². The van der Waals surface area contributed by atoms with Crippen LogP contribution in [0.15, 0.2) is 42.0 Å². The van der Waals surface area contributed by atoms with Gasteiger partial charge in [0.05, 0.1) is 0 Å². The SMILES string of the molecule is C/C=C(\CC(=O)C(NC(=O)OC(C)(C)C)SCc1ccccc1)C(=O)O. The predicted octanol–water partition coefficient (Wildman–Crippen LogP) is 3.76. The topological polar surface area (TPSA) is 92.7 Å². The van der Waals surface area contributed by atoms with Crippen molar-refractivity contribution in [3.63, 3.8) is 0 Å². The number of amides is 1. The smallest absolute Gasteiger partial charge is 0.408 e. The van der Waals surface area contributed by atoms with Gasteiger partial charge < -0.3 is 15.2 Å². The van der Waals surface area contributed by atoms with Gasteiger partial charge in [0.25, 0.3) is 0 Å². The number of alkyl carbamates (subject to hydrolysis) is 1. The van der Waals surface area contributed by atoms with Crippen LogP contribution in [0.3, 0.4) is 0 Å². The summed E-state index contributed by atoms with van der Waals surface area (Å²) in [5.41, 5.74) is 0.286. The van der Waals surface area contributed by atoms with Crippen molar-refractivity contribution in [3.05, 3.63) is 47.5 Å². The lowest BCUT2D eigenvalue weighted by Gasteiger charge is -2.23. The Morgan fingerprint density at radius 3 is 2.35 bits per heavy atom. The lowest BCUT2D eigenvalue weighted by Crippen LogP contribution is -2.42. The molecule has 0 aliphatic carbocycles. The molecule has 7 heteroatoms. The predicted molar refractivity (Wildman–Crippen MR) is 102 cm³/mol. The first-order chi connectivity index (χ1) is 12.1. The van der Waals surface area contributed by atoms with Gasteiger partial charge in [0.1, 0.15) is 11.0 Å². The number of Topliss-reactive ketones (excluding diaryl/α,β-unsaturated/α-hetero) is 1. The van der Waals surface area contributed by atoms with Crippen LogP contribution in [0.2, 0.25) is 0 Å². The third kappa shape index (κ3) is 8.20. The summed E-state index contributed by atoms with van der Waals surface area (Å²) in [7, 11) is 0. The number of nitrogens with one attached hydrogen (secondary N) is 1. The molecular weight excluding hydrogens is 354 g/mol. The molecule has 0 spiro atoms. The highest BCUT2D eigenvalue weighted by Crippen LogP contribution is 2.20. The Bertz CT molecular complexity index is 664. The molecule has 1 rings (SSSR count). The molecule has 0 fully saturated rings. The van der Waals surface area contributed by atoms with Crippen molar-refractivity contribution in [2.75, 3.05) is 0 Å². The second-order valence-corrected chi connectivity index (χ2v) is 7.68. The maximum Gasteiger partial charge on any atom is 0.408 e. The van der Waals surface area contributed by atoms with E-state index in [1.54, 1.807) is 27.7 Å². The molecule has 0 aliphatic rings. The van der Waals surface area contributed by atoms with Crippen LogP contribution < -0.4 is 5.32 Å². The van der Waals surface area contributed by atoms with E-state index < -0.39 is 28.8 Å². The molecule has 1 aromatic rings. The first-order valence-electron chi connectivity index (χ1n) is 8.18. The van der Waals surface area contributed by atoms with E-state index in [-0.39, 0.29) is 12.0 Å². The number of rotatable bonds is 8. The summed E-state index contributed by atoms with van der Waals surface area (Å²) in [5, 5.41) is 10.7. The van der Waals surface area contributed by atoms with Gasteiger partial charge in [-0.2, -0.15) is 0 Å². The summed E-state index contributed by atoms with van der Waals surface area (Å²) in [5.74, 6) is -1.05. The van der Waals surface area contributed by atoms with E-state index in [2.05, 4.69) is 5.32 Å². The highest BCUT2D eigenvalue weighted by atomic mass is 32.2. The number of aliphatic carboxylic acids is 1. The normalized spacial score (nSPS) is 13.0. The quantitative estimate of drug-likeness (QED) is 0.528. The molecule has 0 radical (unpaired) electrons. The second-order valence-electron chi connectivity index (χ2n) is 6.59. The summed E-state index contributed by atoms with van der Waals surface area (Å²) in [6.07, 6.45) is 0.398. The fraction of sp³-hybridized carbons (Fsp3) is 0.421. The standard InChI is InChI=1S/C19H25NO5S/c1-5-14(17(22)23)11-15(21)16(20-18(24)25-19(2,3)4)26-12-13-9-7-6-8-10-13/h5-10,16H,11-12H2,1-4H3,(H,20,24)(H,22,23)/b14-5+. The van der Waals surface area contributed by atoms with Gasteiger partial charge in [-0.15, -0.1) is 11.8 Å². The zero-order valence-electron chi connectivity index (χ0n) is 15.4. The van der Waals surface area contributed by atoms with Crippen molar-refractivity contribution in [1.82, 2.24) is 5.32 Å². The molecule has 142 valence electrons. The Kier molecular flexibility index (Phi) is 8.38. The summed E-state index contributed by atoms with van der Waals surface area (Å²) < 4.78 is 5.20. The minimum absolute atomic E-state index is 0.00806. The van der Waals surface area contributed by atoms with Crippen LogP contribution in [0.1, 0.15) is 39.7 Å². The lowest BCUT2D eigenvalue weighted by molar-refractivity contribution is -0.133. The van der Waals surface area contributed by atoms with Gasteiger partial charge in [-0.05, 0) is 33.3 Å². The molecule has 0 bridgehead atoms. The fourth-order valence-electron chi connectivity index (χ4n) is 1.97. The van der Waals surface area contributed by atoms with Crippen molar-refractivity contribution in [3.8, 4) is 0 Å². The van der Waals surface area contributed by atoms with Crippen LogP contribution in [0, 0.1) is 0 Å². The van der Waals surface area contributed by atoms with Crippen LogP contribution in [0.4, 0.5) is 4.79 Å². The Labute approximate surface area is 158 Å². The van der Waals surface area contributed by atoms with Crippen LogP contribution in [-0.4, -0.2) is 33.9 Å². The molecule has 1 atom stereocenters. The summed E-state index contributed by atoms with van der Waals surface area (Å²) in [6, 6.07) is 9.49. The van der Waals surface area contributed by atoms with E-state index in [9.17, 15) is 14.4 Å². The number of ether oxygens (including phenoxy) is 1. The number of ketones is 1. The molecule has 0 aromatic heterocycles. The number of carbonyl (C=O) groups excluding carboxylic acids is 2.